The van der Waals surface area contributed by atoms with Crippen molar-refractivity contribution >= 4 is 12.0 Å². The van der Waals surface area contributed by atoms with Gasteiger partial charge in [0.15, 0.2) is 0 Å². The van der Waals surface area contributed by atoms with E-state index < -0.39 is 17.7 Å². The highest BCUT2D eigenvalue weighted by molar-refractivity contribution is 5.85. The topological polar surface area (TPSA) is 67.4 Å². The number of carbonyl (C=O) groups excluding carboxylic acids is 2. The molecular weight excluding hydrogens is 268 g/mol. The van der Waals surface area contributed by atoms with E-state index in [0.717, 1.165) is 5.56 Å². The Bertz CT molecular complexity index is 480. The minimum Gasteiger partial charge on any atom is -0.444 e. The lowest BCUT2D eigenvalue weighted by Crippen LogP contribution is -2.47. The summed E-state index contributed by atoms with van der Waals surface area (Å²) < 4.78 is 5.12. The van der Waals surface area contributed by atoms with E-state index in [1.54, 1.807) is 27.7 Å². The third kappa shape index (κ3) is 6.29. The molecule has 0 saturated heterocycles. The van der Waals surface area contributed by atoms with Gasteiger partial charge in [-0.15, -0.1) is 0 Å². The van der Waals surface area contributed by atoms with Crippen LogP contribution in [0, 0.1) is 0 Å². The van der Waals surface area contributed by atoms with Crippen molar-refractivity contribution in [2.75, 3.05) is 0 Å². The van der Waals surface area contributed by atoms with Crippen molar-refractivity contribution in [1.29, 1.82) is 0 Å². The van der Waals surface area contributed by atoms with E-state index in [4.69, 9.17) is 4.74 Å². The fourth-order valence-corrected chi connectivity index (χ4v) is 1.71. The predicted molar refractivity (Wildman–Crippen MR) is 81.8 cm³/mol. The van der Waals surface area contributed by atoms with Gasteiger partial charge in [-0.3, -0.25) is 4.79 Å². The van der Waals surface area contributed by atoms with Crippen molar-refractivity contribution in [3.63, 3.8) is 0 Å². The lowest BCUT2D eigenvalue weighted by molar-refractivity contribution is -0.123. The Morgan fingerprint density at radius 2 is 1.62 bits per heavy atom. The molecule has 0 fully saturated rings. The molecule has 1 aromatic carbocycles. The molecule has 0 aliphatic rings. The van der Waals surface area contributed by atoms with Crippen LogP contribution in [-0.2, 0) is 9.53 Å². The van der Waals surface area contributed by atoms with Crippen molar-refractivity contribution in [2.45, 2.75) is 52.3 Å². The molecular formula is C16H24N2O3. The Morgan fingerprint density at radius 3 is 2.14 bits per heavy atom. The summed E-state index contributed by atoms with van der Waals surface area (Å²) in [7, 11) is 0. The van der Waals surface area contributed by atoms with Gasteiger partial charge in [0.1, 0.15) is 11.6 Å². The molecule has 0 aromatic heterocycles. The first-order chi connectivity index (χ1) is 9.69. The summed E-state index contributed by atoms with van der Waals surface area (Å²) in [5, 5.41) is 5.37. The van der Waals surface area contributed by atoms with Gasteiger partial charge in [-0.25, -0.2) is 4.79 Å². The zero-order chi connectivity index (χ0) is 16.0. The molecule has 0 bridgehead atoms. The molecule has 1 aromatic rings. The Morgan fingerprint density at radius 1 is 1.05 bits per heavy atom. The molecule has 21 heavy (non-hydrogen) atoms. The first-order valence-corrected chi connectivity index (χ1v) is 7.04. The van der Waals surface area contributed by atoms with E-state index in [9.17, 15) is 9.59 Å². The van der Waals surface area contributed by atoms with E-state index in [1.807, 2.05) is 37.3 Å². The molecule has 2 amide bonds. The van der Waals surface area contributed by atoms with Crippen LogP contribution in [0.25, 0.3) is 0 Å². The standard InChI is InChI=1S/C16H24N2O3/c1-11(13-9-7-6-8-10-13)17-14(19)12(2)18-15(20)21-16(3,4)5/h6-12H,1-5H3,(H,17,19)(H,18,20). The quantitative estimate of drug-likeness (QED) is 0.896. The van der Waals surface area contributed by atoms with E-state index in [1.165, 1.54) is 0 Å². The van der Waals surface area contributed by atoms with Gasteiger partial charge in [-0.05, 0) is 40.2 Å². The van der Waals surface area contributed by atoms with Gasteiger partial charge in [0.2, 0.25) is 5.91 Å². The van der Waals surface area contributed by atoms with Crippen LogP contribution in [0.4, 0.5) is 4.79 Å². The number of amides is 2. The van der Waals surface area contributed by atoms with E-state index in [2.05, 4.69) is 10.6 Å². The Kier molecular flexibility index (Phi) is 5.76. The van der Waals surface area contributed by atoms with Gasteiger partial charge in [-0.2, -0.15) is 0 Å². The van der Waals surface area contributed by atoms with E-state index in [0.29, 0.717) is 0 Å². The summed E-state index contributed by atoms with van der Waals surface area (Å²) in [6.45, 7) is 8.84. The molecule has 0 radical (unpaired) electrons. The summed E-state index contributed by atoms with van der Waals surface area (Å²) >= 11 is 0. The molecule has 0 aliphatic carbocycles. The number of rotatable bonds is 4. The first-order valence-electron chi connectivity index (χ1n) is 7.04. The average Bonchev–Trinajstić information content (AvgIpc) is 2.37. The van der Waals surface area contributed by atoms with Crippen LogP contribution in [0.15, 0.2) is 30.3 Å². The number of hydrogen-bond acceptors (Lipinski definition) is 3. The van der Waals surface area contributed by atoms with Crippen molar-refractivity contribution < 1.29 is 14.3 Å². The van der Waals surface area contributed by atoms with Crippen molar-refractivity contribution in [3.05, 3.63) is 35.9 Å². The van der Waals surface area contributed by atoms with Gasteiger partial charge in [0.05, 0.1) is 6.04 Å². The molecule has 0 saturated carbocycles. The molecule has 5 nitrogen and oxygen atoms in total. The lowest BCUT2D eigenvalue weighted by Gasteiger charge is -2.22. The number of benzene rings is 1. The van der Waals surface area contributed by atoms with Gasteiger partial charge in [0, 0.05) is 0 Å². The van der Waals surface area contributed by atoms with Crippen LogP contribution in [0.2, 0.25) is 0 Å². The van der Waals surface area contributed by atoms with Crippen molar-refractivity contribution in [2.24, 2.45) is 0 Å². The highest BCUT2D eigenvalue weighted by atomic mass is 16.6. The third-order valence-corrected chi connectivity index (χ3v) is 2.78. The molecule has 0 heterocycles. The van der Waals surface area contributed by atoms with Crippen LogP contribution in [0.1, 0.15) is 46.2 Å². The lowest BCUT2D eigenvalue weighted by atomic mass is 10.1. The SMILES string of the molecule is CC(NC(=O)OC(C)(C)C)C(=O)NC(C)c1ccccc1. The smallest absolute Gasteiger partial charge is 0.408 e. The maximum atomic E-state index is 12.0. The molecule has 0 spiro atoms. The normalized spacial score (nSPS) is 14.0. The summed E-state index contributed by atoms with van der Waals surface area (Å²) in [6, 6.07) is 8.85. The number of alkyl carbamates (subject to hydrolysis) is 1. The molecule has 5 heteroatoms. The molecule has 2 N–H and O–H groups in total. The van der Waals surface area contributed by atoms with Crippen molar-refractivity contribution in [3.8, 4) is 0 Å². The fourth-order valence-electron chi connectivity index (χ4n) is 1.71. The van der Waals surface area contributed by atoms with E-state index in [-0.39, 0.29) is 11.9 Å². The van der Waals surface area contributed by atoms with Crippen LogP contribution in [0.3, 0.4) is 0 Å². The molecule has 2 atom stereocenters. The summed E-state index contributed by atoms with van der Waals surface area (Å²) in [5.74, 6) is -0.253. The molecule has 1 rings (SSSR count). The predicted octanol–water partition coefficient (Wildman–Crippen LogP) is 2.78. The second-order valence-electron chi connectivity index (χ2n) is 6.01. The number of hydrogen-bond donors (Lipinski definition) is 2. The maximum absolute atomic E-state index is 12.0. The molecule has 2 unspecified atom stereocenters. The van der Waals surface area contributed by atoms with Crippen LogP contribution >= 0.6 is 0 Å². The van der Waals surface area contributed by atoms with Crippen molar-refractivity contribution in [1.82, 2.24) is 10.6 Å². The van der Waals surface area contributed by atoms with Gasteiger partial charge >= 0.3 is 6.09 Å². The van der Waals surface area contributed by atoms with Crippen LogP contribution < -0.4 is 10.6 Å². The number of carbonyl (C=O) groups is 2. The Labute approximate surface area is 126 Å². The Hall–Kier alpha value is -2.04. The summed E-state index contributed by atoms with van der Waals surface area (Å²) in [6.07, 6.45) is -0.600. The first kappa shape index (κ1) is 17.0. The molecule has 116 valence electrons. The Balaban J connectivity index is 2.50. The third-order valence-electron chi connectivity index (χ3n) is 2.78. The summed E-state index contributed by atoms with van der Waals surface area (Å²) in [5.41, 5.74) is 0.424. The monoisotopic (exact) mass is 292 g/mol. The van der Waals surface area contributed by atoms with Gasteiger partial charge < -0.3 is 15.4 Å². The van der Waals surface area contributed by atoms with Gasteiger partial charge in [-0.1, -0.05) is 30.3 Å². The fraction of sp³-hybridized carbons (Fsp3) is 0.500. The second-order valence-corrected chi connectivity index (χ2v) is 6.01. The highest BCUT2D eigenvalue weighted by Gasteiger charge is 2.21. The summed E-state index contributed by atoms with van der Waals surface area (Å²) in [4.78, 5) is 23.7. The van der Waals surface area contributed by atoms with Crippen LogP contribution in [0.5, 0.6) is 0 Å². The van der Waals surface area contributed by atoms with Gasteiger partial charge in [0.25, 0.3) is 0 Å². The van der Waals surface area contributed by atoms with Crippen LogP contribution in [-0.4, -0.2) is 23.6 Å². The maximum Gasteiger partial charge on any atom is 0.408 e. The average molecular weight is 292 g/mol. The highest BCUT2D eigenvalue weighted by Crippen LogP contribution is 2.11. The minimum absolute atomic E-state index is 0.124. The number of nitrogens with one attached hydrogen (secondary N) is 2. The minimum atomic E-state index is -0.661. The second kappa shape index (κ2) is 7.11. The largest absolute Gasteiger partial charge is 0.444 e. The number of ether oxygens (including phenoxy) is 1. The zero-order valence-electron chi connectivity index (χ0n) is 13.3. The molecule has 0 aliphatic heterocycles. The zero-order valence-corrected chi connectivity index (χ0v) is 13.3. The van der Waals surface area contributed by atoms with E-state index >= 15 is 0 Å².